The molecular formula is C15H13NO4. The number of hydrogen-bond donors (Lipinski definition) is 1. The summed E-state index contributed by atoms with van der Waals surface area (Å²) < 4.78 is 0. The summed E-state index contributed by atoms with van der Waals surface area (Å²) in [5.74, 6) is -1.74. The molecule has 0 saturated carbocycles. The van der Waals surface area contributed by atoms with Crippen LogP contribution in [0.15, 0.2) is 41.5 Å². The summed E-state index contributed by atoms with van der Waals surface area (Å²) in [4.78, 5) is 35.7. The number of nitrogens with zero attached hydrogens (tertiary/aromatic N) is 1. The zero-order valence-corrected chi connectivity index (χ0v) is 11.1. The number of carbonyl (C=O) groups is 3. The third-order valence-corrected chi connectivity index (χ3v) is 3.16. The third-order valence-electron chi connectivity index (χ3n) is 3.16. The molecule has 2 amide bonds. The number of carboxylic acid groups (broad SMARTS) is 1. The van der Waals surface area contributed by atoms with Crippen molar-refractivity contribution >= 4 is 29.5 Å². The van der Waals surface area contributed by atoms with Gasteiger partial charge < -0.3 is 5.11 Å². The Hall–Kier alpha value is -2.69. The lowest BCUT2D eigenvalue weighted by Gasteiger charge is -2.15. The first kappa shape index (κ1) is 13.7. The second-order valence-electron chi connectivity index (χ2n) is 4.46. The van der Waals surface area contributed by atoms with E-state index in [1.165, 1.54) is 6.08 Å². The number of carbonyl (C=O) groups excluding carboxylic acids is 2. The van der Waals surface area contributed by atoms with Crippen molar-refractivity contribution in [3.8, 4) is 0 Å². The number of hydrogen-bond acceptors (Lipinski definition) is 3. The number of imide groups is 1. The summed E-state index contributed by atoms with van der Waals surface area (Å²) >= 11 is 0. The van der Waals surface area contributed by atoms with E-state index in [2.05, 4.69) is 0 Å². The van der Waals surface area contributed by atoms with E-state index in [-0.39, 0.29) is 11.8 Å². The summed E-state index contributed by atoms with van der Waals surface area (Å²) in [5, 5.41) is 8.60. The molecule has 0 unspecified atom stereocenters. The van der Waals surface area contributed by atoms with Gasteiger partial charge in [0.05, 0.1) is 5.69 Å². The maximum Gasteiger partial charge on any atom is 0.328 e. The fraction of sp³-hybridized carbons (Fsp3) is 0.133. The summed E-state index contributed by atoms with van der Waals surface area (Å²) in [5.41, 5.74) is 1.90. The molecule has 0 radical (unpaired) electrons. The van der Waals surface area contributed by atoms with Gasteiger partial charge in [0.25, 0.3) is 11.8 Å². The molecule has 0 bridgehead atoms. The highest BCUT2D eigenvalue weighted by molar-refractivity contribution is 6.32. The van der Waals surface area contributed by atoms with E-state index < -0.39 is 5.97 Å². The predicted molar refractivity (Wildman–Crippen MR) is 74.0 cm³/mol. The lowest BCUT2D eigenvalue weighted by atomic mass is 10.1. The molecule has 0 saturated heterocycles. The summed E-state index contributed by atoms with van der Waals surface area (Å²) in [6, 6.07) is 6.60. The topological polar surface area (TPSA) is 74.7 Å². The van der Waals surface area contributed by atoms with Gasteiger partial charge in [-0.05, 0) is 37.6 Å². The second-order valence-corrected chi connectivity index (χ2v) is 4.46. The Bertz CT molecular complexity index is 646. The van der Waals surface area contributed by atoms with Crippen LogP contribution in [0.5, 0.6) is 0 Å². The van der Waals surface area contributed by atoms with Crippen LogP contribution in [0, 0.1) is 0 Å². The minimum absolute atomic E-state index is 0.341. The van der Waals surface area contributed by atoms with E-state index in [4.69, 9.17) is 5.11 Å². The van der Waals surface area contributed by atoms with Crippen molar-refractivity contribution in [3.63, 3.8) is 0 Å². The Labute approximate surface area is 115 Å². The summed E-state index contributed by atoms with van der Waals surface area (Å²) in [6.07, 6.45) is 2.41. The molecule has 5 heteroatoms. The van der Waals surface area contributed by atoms with Gasteiger partial charge in [-0.1, -0.05) is 12.1 Å². The molecule has 0 atom stereocenters. The third kappa shape index (κ3) is 2.38. The average molecular weight is 271 g/mol. The van der Waals surface area contributed by atoms with Gasteiger partial charge >= 0.3 is 5.97 Å². The van der Waals surface area contributed by atoms with Crippen LogP contribution >= 0.6 is 0 Å². The molecule has 1 aliphatic rings. The van der Waals surface area contributed by atoms with E-state index in [0.717, 1.165) is 11.0 Å². The number of aliphatic carboxylic acids is 1. The second kappa shape index (κ2) is 5.13. The van der Waals surface area contributed by atoms with Crippen LogP contribution in [0.1, 0.15) is 19.4 Å². The van der Waals surface area contributed by atoms with Gasteiger partial charge in [0.15, 0.2) is 0 Å². The van der Waals surface area contributed by atoms with Gasteiger partial charge in [-0.2, -0.15) is 0 Å². The van der Waals surface area contributed by atoms with Crippen LogP contribution in [-0.2, 0) is 14.4 Å². The van der Waals surface area contributed by atoms with Gasteiger partial charge in [-0.3, -0.25) is 9.59 Å². The van der Waals surface area contributed by atoms with Crippen LogP contribution in [0.3, 0.4) is 0 Å². The first-order chi connectivity index (χ1) is 9.41. The van der Waals surface area contributed by atoms with E-state index in [1.807, 2.05) is 0 Å². The number of benzene rings is 1. The maximum absolute atomic E-state index is 12.0. The largest absolute Gasteiger partial charge is 0.478 e. The Morgan fingerprint density at radius 2 is 1.75 bits per heavy atom. The lowest BCUT2D eigenvalue weighted by molar-refractivity contribution is -0.131. The molecule has 2 rings (SSSR count). The quantitative estimate of drug-likeness (QED) is 0.674. The molecule has 0 fully saturated rings. The molecule has 102 valence electrons. The molecule has 1 aliphatic heterocycles. The minimum Gasteiger partial charge on any atom is -0.478 e. The van der Waals surface area contributed by atoms with Crippen LogP contribution in [0.25, 0.3) is 6.08 Å². The van der Waals surface area contributed by atoms with Gasteiger partial charge in [0.2, 0.25) is 0 Å². The normalized spacial score (nSPS) is 15.6. The molecule has 1 N–H and O–H groups in total. The first-order valence-corrected chi connectivity index (χ1v) is 5.99. The Kier molecular flexibility index (Phi) is 3.52. The van der Waals surface area contributed by atoms with Crippen molar-refractivity contribution in [2.45, 2.75) is 13.8 Å². The van der Waals surface area contributed by atoms with Crippen LogP contribution in [0.4, 0.5) is 5.69 Å². The minimum atomic E-state index is -1.06. The van der Waals surface area contributed by atoms with Gasteiger partial charge in [0, 0.05) is 17.2 Å². The van der Waals surface area contributed by atoms with E-state index in [1.54, 1.807) is 38.1 Å². The molecule has 0 spiro atoms. The zero-order valence-electron chi connectivity index (χ0n) is 11.1. The molecule has 5 nitrogen and oxygen atoms in total. The fourth-order valence-electron chi connectivity index (χ4n) is 1.92. The standard InChI is InChI=1S/C15H13NO4/c1-9-10(2)15(20)16(14(9)19)12-5-3-4-11(8-12)6-7-13(17)18/h3-8H,1-2H3,(H,17,18)/b7-6+. The molecule has 0 aliphatic carbocycles. The monoisotopic (exact) mass is 271 g/mol. The SMILES string of the molecule is CC1=C(C)C(=O)N(c2cccc(/C=C/C(=O)O)c2)C1=O. The molecule has 1 aromatic rings. The van der Waals surface area contributed by atoms with Crippen molar-refractivity contribution in [1.29, 1.82) is 0 Å². The maximum atomic E-state index is 12.0. The smallest absolute Gasteiger partial charge is 0.328 e. The van der Waals surface area contributed by atoms with Gasteiger partial charge in [0.1, 0.15) is 0 Å². The zero-order chi connectivity index (χ0) is 14.9. The Morgan fingerprint density at radius 1 is 1.15 bits per heavy atom. The molecule has 1 aromatic carbocycles. The van der Waals surface area contributed by atoms with Gasteiger partial charge in [-0.15, -0.1) is 0 Å². The predicted octanol–water partition coefficient (Wildman–Crippen LogP) is 1.99. The fourth-order valence-corrected chi connectivity index (χ4v) is 1.92. The summed E-state index contributed by atoms with van der Waals surface area (Å²) in [6.45, 7) is 3.23. The van der Waals surface area contributed by atoms with Crippen molar-refractivity contribution < 1.29 is 19.5 Å². The molecule has 1 heterocycles. The molecule has 0 aromatic heterocycles. The van der Waals surface area contributed by atoms with Crippen molar-refractivity contribution in [3.05, 3.63) is 47.1 Å². The average Bonchev–Trinajstić information content (AvgIpc) is 2.61. The highest BCUT2D eigenvalue weighted by Gasteiger charge is 2.34. The Morgan fingerprint density at radius 3 is 2.30 bits per heavy atom. The molecular weight excluding hydrogens is 258 g/mol. The van der Waals surface area contributed by atoms with E-state index in [0.29, 0.717) is 22.4 Å². The number of anilines is 1. The highest BCUT2D eigenvalue weighted by Crippen LogP contribution is 2.27. The number of amides is 2. The van der Waals surface area contributed by atoms with Crippen LogP contribution < -0.4 is 4.90 Å². The van der Waals surface area contributed by atoms with E-state index >= 15 is 0 Å². The van der Waals surface area contributed by atoms with Crippen LogP contribution in [-0.4, -0.2) is 22.9 Å². The Balaban J connectivity index is 2.36. The number of rotatable bonds is 3. The van der Waals surface area contributed by atoms with Crippen molar-refractivity contribution in [1.82, 2.24) is 0 Å². The van der Waals surface area contributed by atoms with E-state index in [9.17, 15) is 14.4 Å². The van der Waals surface area contributed by atoms with Crippen molar-refractivity contribution in [2.75, 3.05) is 4.90 Å². The first-order valence-electron chi connectivity index (χ1n) is 5.99. The lowest BCUT2D eigenvalue weighted by Crippen LogP contribution is -2.31. The van der Waals surface area contributed by atoms with Crippen molar-refractivity contribution in [2.24, 2.45) is 0 Å². The van der Waals surface area contributed by atoms with Crippen LogP contribution in [0.2, 0.25) is 0 Å². The van der Waals surface area contributed by atoms with Gasteiger partial charge in [-0.25, -0.2) is 9.69 Å². The highest BCUT2D eigenvalue weighted by atomic mass is 16.4. The number of carboxylic acids is 1. The summed E-state index contributed by atoms with van der Waals surface area (Å²) in [7, 11) is 0. The molecule has 20 heavy (non-hydrogen) atoms.